The highest BCUT2D eigenvalue weighted by Crippen LogP contribution is 2.42. The van der Waals surface area contributed by atoms with E-state index in [1.54, 1.807) is 0 Å². The summed E-state index contributed by atoms with van der Waals surface area (Å²) in [6, 6.07) is -0.429. The van der Waals surface area contributed by atoms with Crippen LogP contribution in [0.15, 0.2) is 16.6 Å². The second kappa shape index (κ2) is 6.61. The molecule has 0 radical (unpaired) electrons. The van der Waals surface area contributed by atoms with Gasteiger partial charge in [0.1, 0.15) is 5.75 Å². The number of esters is 1. The van der Waals surface area contributed by atoms with Crippen LogP contribution in [0.25, 0.3) is 0 Å². The van der Waals surface area contributed by atoms with Gasteiger partial charge in [0.15, 0.2) is 0 Å². The normalized spacial score (nSPS) is 14.6. The topological polar surface area (TPSA) is 72.5 Å². The minimum Gasteiger partial charge on any atom is -0.506 e. The van der Waals surface area contributed by atoms with E-state index in [4.69, 9.17) is 5.73 Å². The molecule has 1 unspecified atom stereocenters. The summed E-state index contributed by atoms with van der Waals surface area (Å²) in [5.41, 5.74) is 3.16. The van der Waals surface area contributed by atoms with E-state index in [0.29, 0.717) is 6.07 Å². The zero-order chi connectivity index (χ0) is 16.4. The largest absolute Gasteiger partial charge is 0.506 e. The molecule has 1 aromatic rings. The average Bonchev–Trinajstić information content (AvgIpc) is 2.39. The summed E-state index contributed by atoms with van der Waals surface area (Å²) in [6.07, 6.45) is -7.40. The SMILES string of the molecule is CCOC(=O)C(F)[C@H](N)c1c(C(F)(F)F)ccc(Br)c1O. The Hall–Kier alpha value is -1.35. The van der Waals surface area contributed by atoms with E-state index in [2.05, 4.69) is 20.7 Å². The van der Waals surface area contributed by atoms with E-state index in [0.717, 1.165) is 6.07 Å². The van der Waals surface area contributed by atoms with Gasteiger partial charge in [0.25, 0.3) is 0 Å². The highest BCUT2D eigenvalue weighted by atomic mass is 79.9. The van der Waals surface area contributed by atoms with E-state index in [-0.39, 0.29) is 11.1 Å². The van der Waals surface area contributed by atoms with Crippen LogP contribution in [0.4, 0.5) is 17.6 Å². The van der Waals surface area contributed by atoms with Crippen LogP contribution in [0.3, 0.4) is 0 Å². The van der Waals surface area contributed by atoms with E-state index in [9.17, 15) is 27.5 Å². The second-order valence-corrected chi connectivity index (χ2v) is 4.89. The van der Waals surface area contributed by atoms with Gasteiger partial charge < -0.3 is 15.6 Å². The van der Waals surface area contributed by atoms with Gasteiger partial charge in [-0.05, 0) is 35.0 Å². The zero-order valence-corrected chi connectivity index (χ0v) is 12.3. The molecule has 21 heavy (non-hydrogen) atoms. The summed E-state index contributed by atoms with van der Waals surface area (Å²) in [7, 11) is 0. The van der Waals surface area contributed by atoms with Crippen LogP contribution in [0.1, 0.15) is 24.1 Å². The molecule has 0 bridgehead atoms. The summed E-state index contributed by atoms with van der Waals surface area (Å²) in [5.74, 6) is -2.26. The number of hydrogen-bond acceptors (Lipinski definition) is 4. The summed E-state index contributed by atoms with van der Waals surface area (Å²) >= 11 is 2.82. The van der Waals surface area contributed by atoms with Gasteiger partial charge in [0.2, 0.25) is 6.17 Å². The first-order chi connectivity index (χ1) is 9.61. The van der Waals surface area contributed by atoms with Crippen LogP contribution in [0, 0.1) is 0 Å². The molecule has 0 aromatic heterocycles. The van der Waals surface area contributed by atoms with Gasteiger partial charge in [-0.2, -0.15) is 13.2 Å². The number of ether oxygens (including phenoxy) is 1. The molecule has 118 valence electrons. The lowest BCUT2D eigenvalue weighted by atomic mass is 9.96. The Bertz CT molecular complexity index is 536. The van der Waals surface area contributed by atoms with Crippen molar-refractivity contribution in [2.24, 2.45) is 5.73 Å². The van der Waals surface area contributed by atoms with Gasteiger partial charge >= 0.3 is 12.1 Å². The van der Waals surface area contributed by atoms with Crippen LogP contribution in [0.2, 0.25) is 0 Å². The Kier molecular flexibility index (Phi) is 5.57. The molecule has 1 rings (SSSR count). The number of carbonyl (C=O) groups is 1. The monoisotopic (exact) mass is 373 g/mol. The number of rotatable bonds is 4. The molecule has 4 nitrogen and oxygen atoms in total. The summed E-state index contributed by atoms with van der Waals surface area (Å²) in [5, 5.41) is 9.73. The van der Waals surface area contributed by atoms with E-state index >= 15 is 0 Å². The number of carbonyl (C=O) groups excluding carboxylic acids is 1. The molecule has 0 aliphatic heterocycles. The Morgan fingerprint density at radius 3 is 2.52 bits per heavy atom. The van der Waals surface area contributed by atoms with Crippen molar-refractivity contribution in [3.63, 3.8) is 0 Å². The number of phenolic OH excluding ortho intramolecular Hbond substituents is 1. The molecule has 0 amide bonds. The van der Waals surface area contributed by atoms with Crippen molar-refractivity contribution in [3.8, 4) is 5.75 Å². The molecule has 2 atom stereocenters. The number of nitrogens with two attached hydrogens (primary N) is 1. The molecule has 0 aliphatic rings. The van der Waals surface area contributed by atoms with Crippen molar-refractivity contribution >= 4 is 21.9 Å². The predicted octanol–water partition coefficient (Wildman–Crippen LogP) is 3.07. The maximum absolute atomic E-state index is 13.8. The number of hydrogen-bond donors (Lipinski definition) is 2. The van der Waals surface area contributed by atoms with Crippen molar-refractivity contribution in [3.05, 3.63) is 27.7 Å². The number of alkyl halides is 4. The Morgan fingerprint density at radius 2 is 2.05 bits per heavy atom. The third-order valence-electron chi connectivity index (χ3n) is 2.63. The summed E-state index contributed by atoms with van der Waals surface area (Å²) in [4.78, 5) is 11.3. The second-order valence-electron chi connectivity index (χ2n) is 4.03. The lowest BCUT2D eigenvalue weighted by Gasteiger charge is -2.22. The third kappa shape index (κ3) is 3.85. The van der Waals surface area contributed by atoms with E-state index < -0.39 is 41.2 Å². The number of benzene rings is 1. The highest BCUT2D eigenvalue weighted by Gasteiger charge is 2.40. The van der Waals surface area contributed by atoms with Crippen molar-refractivity contribution < 1.29 is 32.2 Å². The minimum atomic E-state index is -4.86. The van der Waals surface area contributed by atoms with Crippen LogP contribution in [-0.2, 0) is 15.7 Å². The molecular formula is C12H12BrF4NO3. The number of phenols is 1. The molecule has 1 aromatic carbocycles. The fourth-order valence-corrected chi connectivity index (χ4v) is 2.03. The van der Waals surface area contributed by atoms with Gasteiger partial charge in [0, 0.05) is 5.56 Å². The summed E-state index contributed by atoms with van der Waals surface area (Å²) in [6.45, 7) is 1.26. The summed E-state index contributed by atoms with van der Waals surface area (Å²) < 4.78 is 56.9. The van der Waals surface area contributed by atoms with E-state index in [1.807, 2.05) is 0 Å². The molecule has 0 heterocycles. The fourth-order valence-electron chi connectivity index (χ4n) is 1.68. The Balaban J connectivity index is 3.33. The molecule has 9 heteroatoms. The van der Waals surface area contributed by atoms with Crippen molar-refractivity contribution in [1.82, 2.24) is 0 Å². The van der Waals surface area contributed by atoms with E-state index in [1.165, 1.54) is 6.92 Å². The molecular weight excluding hydrogens is 362 g/mol. The predicted molar refractivity (Wildman–Crippen MR) is 69.3 cm³/mol. The van der Waals surface area contributed by atoms with Gasteiger partial charge in [-0.15, -0.1) is 0 Å². The third-order valence-corrected chi connectivity index (χ3v) is 3.27. The lowest BCUT2D eigenvalue weighted by Crippen LogP contribution is -2.33. The molecule has 3 N–H and O–H groups in total. The standard InChI is InChI=1S/C12H12BrF4NO3/c1-2-21-11(20)8(14)9(18)7-5(12(15,16)17)3-4-6(13)10(7)19/h3-4,8-9,19H,2,18H2,1H3/t8?,9-/m1/s1. The van der Waals surface area contributed by atoms with Crippen LogP contribution < -0.4 is 5.73 Å². The van der Waals surface area contributed by atoms with Gasteiger partial charge in [-0.25, -0.2) is 9.18 Å². The first-order valence-electron chi connectivity index (χ1n) is 5.76. The lowest BCUT2D eigenvalue weighted by molar-refractivity contribution is -0.150. The molecule has 0 saturated carbocycles. The average molecular weight is 374 g/mol. The van der Waals surface area contributed by atoms with Gasteiger partial charge in [-0.1, -0.05) is 0 Å². The quantitative estimate of drug-likeness (QED) is 0.628. The van der Waals surface area contributed by atoms with Crippen LogP contribution in [0.5, 0.6) is 5.75 Å². The van der Waals surface area contributed by atoms with Crippen molar-refractivity contribution in [2.75, 3.05) is 6.61 Å². The van der Waals surface area contributed by atoms with Gasteiger partial charge in [-0.3, -0.25) is 0 Å². The van der Waals surface area contributed by atoms with Crippen LogP contribution >= 0.6 is 15.9 Å². The number of aromatic hydroxyl groups is 1. The maximum atomic E-state index is 13.8. The Labute approximate surface area is 126 Å². The molecule has 0 aliphatic carbocycles. The molecule has 0 saturated heterocycles. The molecule has 0 spiro atoms. The van der Waals surface area contributed by atoms with Crippen LogP contribution in [-0.4, -0.2) is 23.9 Å². The zero-order valence-electron chi connectivity index (χ0n) is 10.7. The number of halogens is 5. The fraction of sp³-hybridized carbons (Fsp3) is 0.417. The van der Waals surface area contributed by atoms with Gasteiger partial charge in [0.05, 0.1) is 22.7 Å². The minimum absolute atomic E-state index is 0.1000. The maximum Gasteiger partial charge on any atom is 0.416 e. The van der Waals surface area contributed by atoms with Crippen molar-refractivity contribution in [1.29, 1.82) is 0 Å². The smallest absolute Gasteiger partial charge is 0.416 e. The first kappa shape index (κ1) is 17.7. The Morgan fingerprint density at radius 1 is 1.48 bits per heavy atom. The first-order valence-corrected chi connectivity index (χ1v) is 6.55. The van der Waals surface area contributed by atoms with Crippen molar-refractivity contribution in [2.45, 2.75) is 25.3 Å². The highest BCUT2D eigenvalue weighted by molar-refractivity contribution is 9.10. The molecule has 0 fully saturated rings.